The van der Waals surface area contributed by atoms with Crippen molar-refractivity contribution in [2.24, 2.45) is 5.10 Å². The van der Waals surface area contributed by atoms with Crippen molar-refractivity contribution in [1.29, 1.82) is 0 Å². The molecular formula is C22H16F3N3O2S. The molecule has 0 radical (unpaired) electrons. The summed E-state index contributed by atoms with van der Waals surface area (Å²) in [5, 5.41) is 4.75. The molecule has 0 atom stereocenters. The van der Waals surface area contributed by atoms with E-state index in [-0.39, 0.29) is 22.6 Å². The summed E-state index contributed by atoms with van der Waals surface area (Å²) in [6.07, 6.45) is 2.15. The van der Waals surface area contributed by atoms with Crippen molar-refractivity contribution in [1.82, 2.24) is 9.66 Å². The minimum absolute atomic E-state index is 0.0557. The van der Waals surface area contributed by atoms with E-state index in [1.165, 1.54) is 47.8 Å². The van der Waals surface area contributed by atoms with Gasteiger partial charge in [0.2, 0.25) is 0 Å². The molecule has 1 aliphatic rings. The molecule has 5 nitrogen and oxygen atoms in total. The van der Waals surface area contributed by atoms with Gasteiger partial charge in [-0.3, -0.25) is 4.79 Å². The first-order chi connectivity index (χ1) is 14.9. The number of hydrogen-bond donors (Lipinski definition) is 0. The second-order valence-electron chi connectivity index (χ2n) is 7.28. The lowest BCUT2D eigenvalue weighted by Gasteiger charge is -2.10. The summed E-state index contributed by atoms with van der Waals surface area (Å²) in [6, 6.07) is 8.16. The minimum atomic E-state index is -4.49. The second kappa shape index (κ2) is 7.49. The maximum atomic E-state index is 13.3. The molecule has 0 saturated carbocycles. The van der Waals surface area contributed by atoms with Crippen LogP contribution in [0.1, 0.15) is 34.6 Å². The standard InChI is InChI=1S/C22H16F3N3O2S/c23-22(24,25)16-7-3-1-5-14(16)17-10-9-13(30-17)11-27-28-12-26-20-19(21(28)29)15-6-2-4-8-18(15)31-20/h1,3,5,7,9-12H,2,4,6,8H2. The lowest BCUT2D eigenvalue weighted by Crippen LogP contribution is -2.17. The lowest BCUT2D eigenvalue weighted by molar-refractivity contribution is -0.137. The van der Waals surface area contributed by atoms with Crippen LogP contribution in [0.4, 0.5) is 13.2 Å². The molecule has 1 aromatic carbocycles. The summed E-state index contributed by atoms with van der Waals surface area (Å²) in [4.78, 5) is 19.2. The number of halogens is 3. The van der Waals surface area contributed by atoms with Crippen LogP contribution in [0.15, 0.2) is 57.0 Å². The maximum absolute atomic E-state index is 13.3. The number of nitrogens with zero attached hydrogens (tertiary/aromatic N) is 3. The van der Waals surface area contributed by atoms with Crippen molar-refractivity contribution >= 4 is 27.8 Å². The number of fused-ring (bicyclic) bond motifs is 3. The van der Waals surface area contributed by atoms with Crippen LogP contribution in [0.5, 0.6) is 0 Å². The molecular weight excluding hydrogens is 427 g/mol. The smallest absolute Gasteiger partial charge is 0.417 e. The first-order valence-corrected chi connectivity index (χ1v) is 10.6. The third-order valence-corrected chi connectivity index (χ3v) is 6.49. The SMILES string of the molecule is O=c1c2c3c(sc2ncn1N=Cc1ccc(-c2ccccc2C(F)(F)F)o1)CCCC3. The molecule has 0 N–H and O–H groups in total. The molecule has 31 heavy (non-hydrogen) atoms. The average Bonchev–Trinajstić information content (AvgIpc) is 3.37. The number of aromatic nitrogens is 2. The fraction of sp³-hybridized carbons (Fsp3) is 0.227. The zero-order valence-corrected chi connectivity index (χ0v) is 17.0. The predicted molar refractivity (Wildman–Crippen MR) is 113 cm³/mol. The van der Waals surface area contributed by atoms with Gasteiger partial charge in [-0.15, -0.1) is 11.3 Å². The number of furan rings is 1. The number of aryl methyl sites for hydroxylation is 2. The predicted octanol–water partition coefficient (Wildman–Crippen LogP) is 5.50. The molecule has 0 amide bonds. The monoisotopic (exact) mass is 443 g/mol. The summed E-state index contributed by atoms with van der Waals surface area (Å²) in [6.45, 7) is 0. The van der Waals surface area contributed by atoms with E-state index in [1.807, 2.05) is 0 Å². The van der Waals surface area contributed by atoms with Crippen LogP contribution in [-0.4, -0.2) is 15.9 Å². The van der Waals surface area contributed by atoms with Crippen LogP contribution in [0, 0.1) is 0 Å². The average molecular weight is 443 g/mol. The van der Waals surface area contributed by atoms with Gasteiger partial charge >= 0.3 is 6.18 Å². The van der Waals surface area contributed by atoms with Gasteiger partial charge in [0.25, 0.3) is 5.56 Å². The van der Waals surface area contributed by atoms with Gasteiger partial charge < -0.3 is 4.42 Å². The van der Waals surface area contributed by atoms with Crippen molar-refractivity contribution in [2.45, 2.75) is 31.9 Å². The molecule has 9 heteroatoms. The molecule has 5 rings (SSSR count). The van der Waals surface area contributed by atoms with E-state index in [0.29, 0.717) is 10.2 Å². The number of rotatable bonds is 3. The molecule has 0 unspecified atom stereocenters. The molecule has 0 saturated heterocycles. The molecule has 1 aliphatic carbocycles. The van der Waals surface area contributed by atoms with Crippen LogP contribution < -0.4 is 5.56 Å². The quantitative estimate of drug-likeness (QED) is 0.393. The Morgan fingerprint density at radius 2 is 1.94 bits per heavy atom. The van der Waals surface area contributed by atoms with Gasteiger partial charge in [0.15, 0.2) is 0 Å². The highest BCUT2D eigenvalue weighted by Crippen LogP contribution is 2.37. The van der Waals surface area contributed by atoms with Crippen molar-refractivity contribution < 1.29 is 17.6 Å². The largest absolute Gasteiger partial charge is 0.455 e. The van der Waals surface area contributed by atoms with Crippen LogP contribution in [0.3, 0.4) is 0 Å². The van der Waals surface area contributed by atoms with E-state index in [1.54, 1.807) is 11.3 Å². The van der Waals surface area contributed by atoms with E-state index < -0.39 is 11.7 Å². The molecule has 3 aromatic heterocycles. The molecule has 3 heterocycles. The minimum Gasteiger partial charge on any atom is -0.455 e. The van der Waals surface area contributed by atoms with Crippen LogP contribution in [0.2, 0.25) is 0 Å². The zero-order valence-electron chi connectivity index (χ0n) is 16.1. The van der Waals surface area contributed by atoms with Gasteiger partial charge in [-0.2, -0.15) is 22.9 Å². The maximum Gasteiger partial charge on any atom is 0.417 e. The van der Waals surface area contributed by atoms with Gasteiger partial charge in [-0.25, -0.2) is 4.98 Å². The van der Waals surface area contributed by atoms with E-state index in [2.05, 4.69) is 10.1 Å². The van der Waals surface area contributed by atoms with Gasteiger partial charge in [-0.05, 0) is 49.4 Å². The Morgan fingerprint density at radius 1 is 1.13 bits per heavy atom. The Labute approximate surface area is 178 Å². The first-order valence-electron chi connectivity index (χ1n) is 9.74. The van der Waals surface area contributed by atoms with Gasteiger partial charge in [-0.1, -0.05) is 18.2 Å². The molecule has 0 fully saturated rings. The van der Waals surface area contributed by atoms with Crippen molar-refractivity contribution in [2.75, 3.05) is 0 Å². The summed E-state index contributed by atoms with van der Waals surface area (Å²) in [7, 11) is 0. The molecule has 0 bridgehead atoms. The second-order valence-corrected chi connectivity index (χ2v) is 8.36. The number of benzene rings is 1. The Hall–Kier alpha value is -3.20. The number of thiophene rings is 1. The van der Waals surface area contributed by atoms with E-state index >= 15 is 0 Å². The number of hydrogen-bond acceptors (Lipinski definition) is 5. The first kappa shape index (κ1) is 19.7. The van der Waals surface area contributed by atoms with Gasteiger partial charge in [0.1, 0.15) is 22.7 Å². The molecule has 0 spiro atoms. The lowest BCUT2D eigenvalue weighted by atomic mass is 9.97. The van der Waals surface area contributed by atoms with Crippen molar-refractivity contribution in [3.8, 4) is 11.3 Å². The molecule has 0 aliphatic heterocycles. The van der Waals surface area contributed by atoms with E-state index in [0.717, 1.165) is 42.0 Å². The zero-order chi connectivity index (χ0) is 21.6. The van der Waals surface area contributed by atoms with Crippen molar-refractivity contribution in [3.05, 3.63) is 74.8 Å². The molecule has 158 valence electrons. The number of alkyl halides is 3. The van der Waals surface area contributed by atoms with E-state index in [4.69, 9.17) is 4.42 Å². The Balaban J connectivity index is 1.48. The van der Waals surface area contributed by atoms with E-state index in [9.17, 15) is 18.0 Å². The Kier molecular flexibility index (Phi) is 4.77. The highest BCUT2D eigenvalue weighted by atomic mass is 32.1. The van der Waals surface area contributed by atoms with Crippen molar-refractivity contribution in [3.63, 3.8) is 0 Å². The van der Waals surface area contributed by atoms with Crippen LogP contribution in [-0.2, 0) is 19.0 Å². The topological polar surface area (TPSA) is 60.4 Å². The van der Waals surface area contributed by atoms with Crippen LogP contribution in [0.25, 0.3) is 21.5 Å². The fourth-order valence-corrected chi connectivity index (χ4v) is 5.07. The summed E-state index contributed by atoms with van der Waals surface area (Å²) < 4.78 is 46.5. The fourth-order valence-electron chi connectivity index (χ4n) is 3.85. The normalized spacial score (nSPS) is 14.4. The Morgan fingerprint density at radius 3 is 2.77 bits per heavy atom. The third-order valence-electron chi connectivity index (χ3n) is 5.29. The summed E-state index contributed by atoms with van der Waals surface area (Å²) >= 11 is 1.55. The Bertz CT molecular complexity index is 1360. The third kappa shape index (κ3) is 3.59. The summed E-state index contributed by atoms with van der Waals surface area (Å²) in [5.74, 6) is 0.300. The molecule has 4 aromatic rings. The van der Waals surface area contributed by atoms with Crippen LogP contribution >= 0.6 is 11.3 Å². The summed E-state index contributed by atoms with van der Waals surface area (Å²) in [5.41, 5.74) is -0.0204. The van der Waals surface area contributed by atoms with Gasteiger partial charge in [0.05, 0.1) is 17.2 Å². The highest BCUT2D eigenvalue weighted by molar-refractivity contribution is 7.18. The highest BCUT2D eigenvalue weighted by Gasteiger charge is 2.34. The van der Waals surface area contributed by atoms with Gasteiger partial charge in [0, 0.05) is 10.4 Å².